The summed E-state index contributed by atoms with van der Waals surface area (Å²) in [6.07, 6.45) is 0.823. The number of hydrogen-bond donors (Lipinski definition) is 2. The number of nitroso groups, excluding NO2 is 1. The molecule has 0 aliphatic carbocycles. The summed E-state index contributed by atoms with van der Waals surface area (Å²) in [6, 6.07) is 27.5. The van der Waals surface area contributed by atoms with Crippen LogP contribution >= 0.6 is 0 Å². The first-order valence-corrected chi connectivity index (χ1v) is 17.8. The van der Waals surface area contributed by atoms with Gasteiger partial charge in [0.2, 0.25) is 0 Å². The third-order valence-corrected chi connectivity index (χ3v) is 9.96. The zero-order valence-electron chi connectivity index (χ0n) is 30.8. The first kappa shape index (κ1) is 36.3. The molecule has 0 unspecified atom stereocenters. The van der Waals surface area contributed by atoms with Gasteiger partial charge in [-0.2, -0.15) is 15.1 Å². The second-order valence-electron chi connectivity index (χ2n) is 13.2. The minimum Gasteiger partial charge on any atom is -0.497 e. The number of primary amides is 1. The fraction of sp³-hybridized carbons (Fsp3) is 0.175. The summed E-state index contributed by atoms with van der Waals surface area (Å²) >= 11 is 0. The van der Waals surface area contributed by atoms with Gasteiger partial charge in [-0.15, -0.1) is 0 Å². The largest absolute Gasteiger partial charge is 0.497 e. The Bertz CT molecular complexity index is 2560. The molecule has 6 aromatic rings. The monoisotopic (exact) mass is 767 g/mol. The maximum absolute atomic E-state index is 14.0. The van der Waals surface area contributed by atoms with Crippen molar-refractivity contribution in [1.82, 2.24) is 19.6 Å². The van der Waals surface area contributed by atoms with Gasteiger partial charge in [0.1, 0.15) is 40.0 Å². The number of fused-ring (bicyclic) bond motifs is 2. The molecule has 0 spiro atoms. The summed E-state index contributed by atoms with van der Waals surface area (Å²) in [5, 5.41) is 27.2. The molecule has 286 valence electrons. The molecule has 8 rings (SSSR count). The highest BCUT2D eigenvalue weighted by Gasteiger charge is 2.36. The quantitative estimate of drug-likeness (QED) is 0.0721. The number of nitrogens with two attached hydrogens (primary N) is 1. The van der Waals surface area contributed by atoms with Crippen LogP contribution in [0, 0.1) is 4.91 Å². The van der Waals surface area contributed by atoms with Crippen LogP contribution in [0.25, 0.3) is 11.4 Å². The van der Waals surface area contributed by atoms with Crippen LogP contribution in [0.5, 0.6) is 11.5 Å². The number of hydrogen-bond acceptors (Lipinski definition) is 10. The Morgan fingerprint density at radius 3 is 1.70 bits per heavy atom. The smallest absolute Gasteiger partial charge is 0.289 e. The van der Waals surface area contributed by atoms with E-state index in [1.165, 1.54) is 9.36 Å². The Labute approximate surface area is 324 Å². The van der Waals surface area contributed by atoms with Crippen LogP contribution in [-0.2, 0) is 19.4 Å². The van der Waals surface area contributed by atoms with Crippen molar-refractivity contribution in [3.05, 3.63) is 136 Å². The Morgan fingerprint density at radius 1 is 0.719 bits per heavy atom. The van der Waals surface area contributed by atoms with Crippen molar-refractivity contribution < 1.29 is 33.9 Å². The summed E-state index contributed by atoms with van der Waals surface area (Å²) < 4.78 is 13.5. The van der Waals surface area contributed by atoms with Crippen LogP contribution in [0.1, 0.15) is 48.3 Å². The van der Waals surface area contributed by atoms with E-state index in [4.69, 9.17) is 15.2 Å². The Morgan fingerprint density at radius 2 is 1.19 bits per heavy atom. The summed E-state index contributed by atoms with van der Waals surface area (Å²) in [5.74, 6) is -0.0956. The predicted molar refractivity (Wildman–Crippen MR) is 206 cm³/mol. The highest BCUT2D eigenvalue weighted by Crippen LogP contribution is 2.33. The molecule has 3 N–H and O–H groups in total. The van der Waals surface area contributed by atoms with E-state index in [9.17, 15) is 24.5 Å². The first-order valence-electron chi connectivity index (χ1n) is 17.8. The maximum Gasteiger partial charge on any atom is 0.289 e. The molecule has 2 aliphatic heterocycles. The Hall–Kier alpha value is -7.69. The Balaban J connectivity index is 0.997. The van der Waals surface area contributed by atoms with E-state index >= 15 is 0 Å². The van der Waals surface area contributed by atoms with Crippen molar-refractivity contribution in [3.8, 4) is 22.9 Å². The fourth-order valence-electron chi connectivity index (χ4n) is 7.12. The third-order valence-electron chi connectivity index (χ3n) is 9.96. The van der Waals surface area contributed by atoms with Crippen LogP contribution in [0.2, 0.25) is 0 Å². The zero-order chi connectivity index (χ0) is 39.8. The number of aromatic nitrogens is 4. The first-order chi connectivity index (χ1) is 27.7. The number of ether oxygens (including phenoxy) is 2. The molecular weight excluding hydrogens is 733 g/mol. The molecule has 0 atom stereocenters. The van der Waals surface area contributed by atoms with E-state index < -0.39 is 5.91 Å². The van der Waals surface area contributed by atoms with Crippen LogP contribution in [0.15, 0.2) is 107 Å². The number of azo groups is 1. The summed E-state index contributed by atoms with van der Waals surface area (Å²) in [6.45, 7) is 0.489. The van der Waals surface area contributed by atoms with Crippen molar-refractivity contribution >= 4 is 40.5 Å². The fourth-order valence-corrected chi connectivity index (χ4v) is 7.12. The van der Waals surface area contributed by atoms with Crippen LogP contribution < -0.4 is 25.0 Å². The van der Waals surface area contributed by atoms with Crippen molar-refractivity contribution in [3.63, 3.8) is 0 Å². The van der Waals surface area contributed by atoms with Gasteiger partial charge in [0.15, 0.2) is 5.69 Å². The van der Waals surface area contributed by atoms with Crippen LogP contribution in [0.4, 0.5) is 22.7 Å². The van der Waals surface area contributed by atoms with Gasteiger partial charge in [-0.25, -0.2) is 9.36 Å². The van der Waals surface area contributed by atoms with Crippen molar-refractivity contribution in [2.45, 2.75) is 19.4 Å². The molecular formula is C40H35N10O7+. The number of amides is 3. The molecule has 0 radical (unpaired) electrons. The van der Waals surface area contributed by atoms with E-state index in [0.29, 0.717) is 87.5 Å². The van der Waals surface area contributed by atoms with E-state index in [1.807, 2.05) is 0 Å². The minimum atomic E-state index is -0.721. The number of carbonyl (C=O) groups excluding carboxylic acids is 3. The number of methoxy groups -OCH3 is 2. The summed E-state index contributed by atoms with van der Waals surface area (Å²) in [7, 11) is 3.12. The van der Waals surface area contributed by atoms with Crippen molar-refractivity contribution in [1.29, 1.82) is 0 Å². The van der Waals surface area contributed by atoms with Gasteiger partial charge in [-0.05, 0) is 97.8 Å². The van der Waals surface area contributed by atoms with Gasteiger partial charge in [0, 0.05) is 47.7 Å². The average molecular weight is 768 g/mol. The standard InChI is InChI=1S/C40H34N10O7/c1-56-30-15-11-27(12-16-30)48-36-32(34(44-48)23-42-54)19-21-46(39(36)52)25-5-3-24(4-6-25)43-50(55)29-9-7-26(8-10-29)47-22-20-33-35(38(41)51)45-49(37(33)40(47)53)28-13-17-31(57-2)18-14-28/h3-18H,19-23H2,1-2H3,(H2-,41,43,51,55)/p+1. The summed E-state index contributed by atoms with van der Waals surface area (Å²) in [4.78, 5) is 55.3. The predicted octanol–water partition coefficient (Wildman–Crippen LogP) is 5.66. The lowest BCUT2D eigenvalue weighted by Crippen LogP contribution is -2.39. The number of carbonyl (C=O) groups is 3. The minimum absolute atomic E-state index is 0.0472. The topological polar surface area (TPSA) is 203 Å². The molecule has 2 aliphatic rings. The number of rotatable bonds is 11. The van der Waals surface area contributed by atoms with Gasteiger partial charge < -0.3 is 25.0 Å². The molecule has 4 aromatic carbocycles. The molecule has 0 saturated carbocycles. The summed E-state index contributed by atoms with van der Waals surface area (Å²) in [5.41, 5.74) is 11.0. The van der Waals surface area contributed by atoms with Crippen LogP contribution in [0.3, 0.4) is 0 Å². The highest BCUT2D eigenvalue weighted by atomic mass is 16.5. The molecule has 0 fully saturated rings. The molecule has 57 heavy (non-hydrogen) atoms. The molecule has 17 nitrogen and oxygen atoms in total. The molecule has 17 heteroatoms. The van der Waals surface area contributed by atoms with Gasteiger partial charge in [0.25, 0.3) is 23.4 Å². The SMILES string of the molecule is COc1ccc(-n2nc(CN=O)c3c2C(=O)N(c2ccc(N=[N+](O)c4ccc(N5CCc6c(C(N)=O)nn(-c7ccc(OC)cc7)c6C5=O)cc4)cc2)CC3)cc1. The Kier molecular flexibility index (Phi) is 9.46. The third kappa shape index (κ3) is 6.60. The second kappa shape index (κ2) is 14.9. The zero-order valence-corrected chi connectivity index (χ0v) is 30.8. The van der Waals surface area contributed by atoms with Crippen LogP contribution in [-0.4, -0.2) is 74.7 Å². The normalized spacial score (nSPS) is 14.0. The molecule has 3 amide bonds. The number of anilines is 2. The molecule has 0 bridgehead atoms. The van der Waals surface area contributed by atoms with E-state index in [-0.39, 0.29) is 36.3 Å². The maximum atomic E-state index is 14.0. The van der Waals surface area contributed by atoms with E-state index in [2.05, 4.69) is 20.5 Å². The lowest BCUT2D eigenvalue weighted by Gasteiger charge is -2.27. The average Bonchev–Trinajstić information content (AvgIpc) is 3.82. The molecule has 2 aromatic heterocycles. The van der Waals surface area contributed by atoms with Gasteiger partial charge in [0.05, 0.1) is 36.4 Å². The lowest BCUT2D eigenvalue weighted by molar-refractivity contribution is -0.761. The second-order valence-corrected chi connectivity index (χ2v) is 13.2. The molecule has 4 heterocycles. The van der Waals surface area contributed by atoms with Gasteiger partial charge >= 0.3 is 0 Å². The lowest BCUT2D eigenvalue weighted by atomic mass is 10.0. The number of benzene rings is 4. The number of nitrogens with zero attached hydrogens (tertiary/aromatic N) is 9. The van der Waals surface area contributed by atoms with Crippen molar-refractivity contribution in [2.24, 2.45) is 16.0 Å². The highest BCUT2D eigenvalue weighted by molar-refractivity contribution is 6.10. The van der Waals surface area contributed by atoms with E-state index in [1.54, 1.807) is 121 Å². The van der Waals surface area contributed by atoms with Gasteiger partial charge in [-0.3, -0.25) is 19.6 Å². The van der Waals surface area contributed by atoms with Crippen molar-refractivity contribution in [2.75, 3.05) is 37.1 Å². The van der Waals surface area contributed by atoms with E-state index in [0.717, 1.165) is 4.86 Å². The molecule has 0 saturated heterocycles. The van der Waals surface area contributed by atoms with Gasteiger partial charge in [-0.1, -0.05) is 5.18 Å².